The zero-order valence-electron chi connectivity index (χ0n) is 14.5. The fourth-order valence-corrected chi connectivity index (χ4v) is 3.19. The molecule has 25 heavy (non-hydrogen) atoms. The zero-order chi connectivity index (χ0) is 17.6. The first-order chi connectivity index (χ1) is 12.1. The van der Waals surface area contributed by atoms with Crippen LogP contribution in [0.2, 0.25) is 0 Å². The Labute approximate surface area is 148 Å². The average Bonchev–Trinajstić information content (AvgIpc) is 2.63. The minimum atomic E-state index is -0.327. The van der Waals surface area contributed by atoms with Crippen molar-refractivity contribution in [3.8, 4) is 0 Å². The van der Waals surface area contributed by atoms with Gasteiger partial charge < -0.3 is 9.80 Å². The van der Waals surface area contributed by atoms with Gasteiger partial charge in [-0.2, -0.15) is 0 Å². The van der Waals surface area contributed by atoms with Gasteiger partial charge in [-0.05, 0) is 37.3 Å². The molecule has 0 unspecified atom stereocenters. The van der Waals surface area contributed by atoms with Gasteiger partial charge in [0.05, 0.1) is 43.2 Å². The van der Waals surface area contributed by atoms with Crippen LogP contribution in [-0.2, 0) is 0 Å². The number of nitrogens with one attached hydrogen (secondary N) is 1. The molecule has 5 heteroatoms. The summed E-state index contributed by atoms with van der Waals surface area (Å²) in [4.78, 5) is 14.7. The number of nitro benzene ring substituents is 1. The Balaban J connectivity index is 1.53. The number of para-hydroxylation sites is 1. The maximum absolute atomic E-state index is 11.0. The van der Waals surface area contributed by atoms with E-state index in [-0.39, 0.29) is 10.6 Å². The fourth-order valence-electron chi connectivity index (χ4n) is 3.19. The van der Waals surface area contributed by atoms with Crippen LogP contribution in [0.1, 0.15) is 11.1 Å². The molecule has 2 aromatic carbocycles. The summed E-state index contributed by atoms with van der Waals surface area (Å²) in [5.74, 6) is 0. The highest BCUT2D eigenvalue weighted by Gasteiger charge is 2.19. The molecule has 0 spiro atoms. The Morgan fingerprint density at radius 1 is 1.12 bits per heavy atom. The molecule has 0 amide bonds. The molecule has 0 aromatic heterocycles. The first-order valence-corrected chi connectivity index (χ1v) is 8.68. The van der Waals surface area contributed by atoms with E-state index in [0.29, 0.717) is 5.56 Å². The summed E-state index contributed by atoms with van der Waals surface area (Å²) >= 11 is 0. The van der Waals surface area contributed by atoms with Crippen LogP contribution in [0.5, 0.6) is 0 Å². The van der Waals surface area contributed by atoms with E-state index in [0.717, 1.165) is 32.7 Å². The molecule has 1 heterocycles. The molecule has 1 aliphatic rings. The van der Waals surface area contributed by atoms with E-state index >= 15 is 0 Å². The van der Waals surface area contributed by atoms with Gasteiger partial charge in [-0.3, -0.25) is 10.1 Å². The average molecular weight is 338 g/mol. The number of quaternary nitrogens is 1. The first kappa shape index (κ1) is 17.2. The molecule has 3 rings (SSSR count). The summed E-state index contributed by atoms with van der Waals surface area (Å²) < 4.78 is 0. The summed E-state index contributed by atoms with van der Waals surface area (Å²) in [6.07, 6.45) is 3.93. The summed E-state index contributed by atoms with van der Waals surface area (Å²) in [6.45, 7) is 7.24. The molecule has 0 saturated carbocycles. The summed E-state index contributed by atoms with van der Waals surface area (Å²) in [5.41, 5.74) is 3.41. The summed E-state index contributed by atoms with van der Waals surface area (Å²) in [5, 5.41) is 11.0. The van der Waals surface area contributed by atoms with Gasteiger partial charge in [-0.25, -0.2) is 0 Å². The topological polar surface area (TPSA) is 50.8 Å². The van der Waals surface area contributed by atoms with Crippen molar-refractivity contribution < 1.29 is 9.82 Å². The van der Waals surface area contributed by atoms with Crippen LogP contribution < -0.4 is 9.80 Å². The van der Waals surface area contributed by atoms with E-state index in [1.54, 1.807) is 18.2 Å². The van der Waals surface area contributed by atoms with E-state index < -0.39 is 0 Å². The van der Waals surface area contributed by atoms with Crippen molar-refractivity contribution in [3.63, 3.8) is 0 Å². The number of nitrogens with zero attached hydrogens (tertiary/aromatic N) is 2. The molecule has 1 fully saturated rings. The molecular formula is C20H24N3O2+. The van der Waals surface area contributed by atoms with E-state index in [9.17, 15) is 10.1 Å². The van der Waals surface area contributed by atoms with Gasteiger partial charge >= 0.3 is 0 Å². The molecule has 1 saturated heterocycles. The summed E-state index contributed by atoms with van der Waals surface area (Å²) in [7, 11) is 0. The highest BCUT2D eigenvalue weighted by atomic mass is 16.6. The lowest BCUT2D eigenvalue weighted by Crippen LogP contribution is -3.14. The second-order valence-electron chi connectivity index (χ2n) is 6.50. The van der Waals surface area contributed by atoms with Gasteiger partial charge in [0.25, 0.3) is 5.69 Å². The Hall–Kier alpha value is -2.66. The van der Waals surface area contributed by atoms with Crippen molar-refractivity contribution in [2.24, 2.45) is 0 Å². The number of rotatable bonds is 5. The van der Waals surface area contributed by atoms with Crippen molar-refractivity contribution >= 4 is 17.5 Å². The Morgan fingerprint density at radius 2 is 1.80 bits per heavy atom. The number of hydrogen-bond acceptors (Lipinski definition) is 3. The zero-order valence-corrected chi connectivity index (χ0v) is 14.5. The van der Waals surface area contributed by atoms with Gasteiger partial charge in [0, 0.05) is 11.8 Å². The van der Waals surface area contributed by atoms with Crippen LogP contribution in [0.4, 0.5) is 11.4 Å². The van der Waals surface area contributed by atoms with Crippen LogP contribution in [0, 0.1) is 17.0 Å². The summed E-state index contributed by atoms with van der Waals surface area (Å²) in [6, 6.07) is 15.6. The van der Waals surface area contributed by atoms with Crippen molar-refractivity contribution in [2.75, 3.05) is 37.6 Å². The smallest absolute Gasteiger partial charge is 0.276 e. The Morgan fingerprint density at radius 3 is 2.48 bits per heavy atom. The minimum Gasteiger partial charge on any atom is -0.360 e. The van der Waals surface area contributed by atoms with Crippen molar-refractivity contribution in [1.82, 2.24) is 0 Å². The molecule has 0 radical (unpaired) electrons. The van der Waals surface area contributed by atoms with Crippen LogP contribution in [0.15, 0.2) is 54.6 Å². The van der Waals surface area contributed by atoms with Crippen LogP contribution >= 0.6 is 0 Å². The predicted molar refractivity (Wildman–Crippen MR) is 101 cm³/mol. The lowest BCUT2D eigenvalue weighted by molar-refractivity contribution is -0.894. The third-order valence-electron chi connectivity index (χ3n) is 4.71. The monoisotopic (exact) mass is 338 g/mol. The third kappa shape index (κ3) is 4.45. The molecule has 0 atom stereocenters. The van der Waals surface area contributed by atoms with Gasteiger partial charge in [0.15, 0.2) is 0 Å². The van der Waals surface area contributed by atoms with E-state index in [4.69, 9.17) is 0 Å². The number of aryl methyl sites for hydroxylation is 1. The molecule has 130 valence electrons. The fraction of sp³-hybridized carbons (Fsp3) is 0.300. The van der Waals surface area contributed by atoms with Gasteiger partial charge in [-0.15, -0.1) is 0 Å². The molecule has 0 bridgehead atoms. The van der Waals surface area contributed by atoms with Crippen LogP contribution in [-0.4, -0.2) is 37.6 Å². The lowest BCUT2D eigenvalue weighted by atomic mass is 10.1. The van der Waals surface area contributed by atoms with Gasteiger partial charge in [0.1, 0.15) is 0 Å². The number of anilines is 1. The minimum absolute atomic E-state index is 0.165. The second kappa shape index (κ2) is 7.94. The number of hydrogen-bond donors (Lipinski definition) is 1. The molecule has 1 aliphatic heterocycles. The SMILES string of the molecule is Cc1ccc(N2CC[NH+](C/C=C/c3ccccc3[N+](=O)[O-])CC2)cc1. The van der Waals surface area contributed by atoms with Crippen molar-refractivity contribution in [2.45, 2.75) is 6.92 Å². The maximum atomic E-state index is 11.0. The van der Waals surface area contributed by atoms with Crippen molar-refractivity contribution in [3.05, 3.63) is 75.8 Å². The molecule has 0 aliphatic carbocycles. The Kier molecular flexibility index (Phi) is 5.46. The van der Waals surface area contributed by atoms with Crippen molar-refractivity contribution in [1.29, 1.82) is 0 Å². The molecule has 5 nitrogen and oxygen atoms in total. The maximum Gasteiger partial charge on any atom is 0.276 e. The van der Waals surface area contributed by atoms with Crippen LogP contribution in [0.25, 0.3) is 6.08 Å². The molecular weight excluding hydrogens is 314 g/mol. The predicted octanol–water partition coefficient (Wildman–Crippen LogP) is 2.32. The van der Waals surface area contributed by atoms with Crippen LogP contribution in [0.3, 0.4) is 0 Å². The van der Waals surface area contributed by atoms with Gasteiger partial charge in [0.2, 0.25) is 0 Å². The number of nitro groups is 1. The standard InChI is InChI=1S/C20H23N3O2/c1-17-8-10-19(11-9-17)22-15-13-21(14-16-22)12-4-6-18-5-2-3-7-20(18)23(24)25/h2-11H,12-16H2,1H3/p+1/b6-4+. The molecule has 1 N–H and O–H groups in total. The largest absolute Gasteiger partial charge is 0.360 e. The number of benzene rings is 2. The highest BCUT2D eigenvalue weighted by Crippen LogP contribution is 2.18. The van der Waals surface area contributed by atoms with E-state index in [1.807, 2.05) is 12.1 Å². The quantitative estimate of drug-likeness (QED) is 0.672. The second-order valence-corrected chi connectivity index (χ2v) is 6.50. The normalized spacial score (nSPS) is 15.6. The highest BCUT2D eigenvalue weighted by molar-refractivity contribution is 5.60. The first-order valence-electron chi connectivity index (χ1n) is 8.68. The number of piperazine rings is 1. The van der Waals surface area contributed by atoms with E-state index in [1.165, 1.54) is 16.2 Å². The Bertz CT molecular complexity index is 748. The van der Waals surface area contributed by atoms with Gasteiger partial charge in [-0.1, -0.05) is 29.8 Å². The third-order valence-corrected chi connectivity index (χ3v) is 4.71. The van der Waals surface area contributed by atoms with E-state index in [2.05, 4.69) is 42.2 Å². The molecule has 2 aromatic rings. The lowest BCUT2D eigenvalue weighted by Gasteiger charge is -2.33.